The van der Waals surface area contributed by atoms with Crippen molar-refractivity contribution in [2.45, 2.75) is 0 Å². The SMILES string of the molecule is C#CCON(C(=O)Nc1ccc(Cl)cc1)C(=O)c1ccc(OC)cc1. The number of nitrogens with one attached hydrogen (secondary N) is 1. The van der Waals surface area contributed by atoms with Gasteiger partial charge in [-0.15, -0.1) is 11.5 Å². The Bertz CT molecular complexity index is 782. The van der Waals surface area contributed by atoms with Gasteiger partial charge in [-0.25, -0.2) is 9.63 Å². The zero-order valence-electron chi connectivity index (χ0n) is 13.4. The zero-order chi connectivity index (χ0) is 18.2. The fourth-order valence-corrected chi connectivity index (χ4v) is 2.00. The molecule has 0 fully saturated rings. The van der Waals surface area contributed by atoms with Gasteiger partial charge in [-0.3, -0.25) is 4.79 Å². The standard InChI is InChI=1S/C18H15ClN2O4/c1-3-12-25-21(17(22)13-4-10-16(24-2)11-5-13)18(23)20-15-8-6-14(19)7-9-15/h1,4-11H,12H2,2H3,(H,20,23). The number of hydrogen-bond donors (Lipinski definition) is 1. The number of carbonyl (C=O) groups is 2. The van der Waals surface area contributed by atoms with E-state index in [0.29, 0.717) is 21.5 Å². The highest BCUT2D eigenvalue weighted by molar-refractivity contribution is 6.30. The van der Waals surface area contributed by atoms with E-state index in [1.165, 1.54) is 19.2 Å². The van der Waals surface area contributed by atoms with Gasteiger partial charge >= 0.3 is 6.03 Å². The van der Waals surface area contributed by atoms with Crippen LogP contribution in [-0.4, -0.2) is 30.7 Å². The average Bonchev–Trinajstić information content (AvgIpc) is 2.64. The molecule has 0 saturated carbocycles. The summed E-state index contributed by atoms with van der Waals surface area (Å²) in [4.78, 5) is 30.0. The van der Waals surface area contributed by atoms with E-state index in [9.17, 15) is 9.59 Å². The third kappa shape index (κ3) is 4.98. The fraction of sp³-hybridized carbons (Fsp3) is 0.111. The number of ether oxygens (including phenoxy) is 1. The van der Waals surface area contributed by atoms with Crippen molar-refractivity contribution < 1.29 is 19.2 Å². The first kappa shape index (κ1) is 18.3. The lowest BCUT2D eigenvalue weighted by molar-refractivity contribution is -0.0697. The first-order chi connectivity index (χ1) is 12.0. The maximum Gasteiger partial charge on any atom is 0.353 e. The maximum absolute atomic E-state index is 12.5. The highest BCUT2D eigenvalue weighted by Gasteiger charge is 2.24. The van der Waals surface area contributed by atoms with Crippen LogP contribution >= 0.6 is 11.6 Å². The van der Waals surface area contributed by atoms with E-state index in [1.807, 2.05) is 0 Å². The molecule has 1 N–H and O–H groups in total. The number of rotatable bonds is 5. The molecular formula is C18H15ClN2O4. The molecule has 25 heavy (non-hydrogen) atoms. The number of urea groups is 1. The lowest BCUT2D eigenvalue weighted by Crippen LogP contribution is -2.40. The zero-order valence-corrected chi connectivity index (χ0v) is 14.1. The summed E-state index contributed by atoms with van der Waals surface area (Å²) >= 11 is 5.80. The Balaban J connectivity index is 2.18. The molecule has 0 radical (unpaired) electrons. The summed E-state index contributed by atoms with van der Waals surface area (Å²) in [5.41, 5.74) is 0.690. The largest absolute Gasteiger partial charge is 0.497 e. The fourth-order valence-electron chi connectivity index (χ4n) is 1.87. The highest BCUT2D eigenvalue weighted by atomic mass is 35.5. The van der Waals surface area contributed by atoms with Crippen molar-refractivity contribution in [2.75, 3.05) is 19.0 Å². The topological polar surface area (TPSA) is 67.9 Å². The average molecular weight is 359 g/mol. The second-order valence-electron chi connectivity index (χ2n) is 4.74. The molecule has 0 aliphatic carbocycles. The predicted octanol–water partition coefficient (Wildman–Crippen LogP) is 3.59. The number of halogens is 1. The number of terminal acetylenes is 1. The number of methoxy groups -OCH3 is 1. The van der Waals surface area contributed by atoms with E-state index in [2.05, 4.69) is 11.2 Å². The molecule has 2 aromatic carbocycles. The number of amides is 3. The summed E-state index contributed by atoms with van der Waals surface area (Å²) in [6.07, 6.45) is 5.15. The molecular weight excluding hydrogens is 344 g/mol. The third-order valence-corrected chi connectivity index (χ3v) is 3.33. The van der Waals surface area contributed by atoms with Gasteiger partial charge in [-0.1, -0.05) is 17.5 Å². The molecule has 0 aromatic heterocycles. The summed E-state index contributed by atoms with van der Waals surface area (Å²) in [7, 11) is 1.51. The van der Waals surface area contributed by atoms with Crippen LogP contribution in [0.1, 0.15) is 10.4 Å². The second kappa shape index (κ2) is 8.73. The Morgan fingerprint density at radius 1 is 1.16 bits per heavy atom. The van der Waals surface area contributed by atoms with Crippen molar-refractivity contribution in [3.8, 4) is 18.1 Å². The van der Waals surface area contributed by atoms with Crippen molar-refractivity contribution in [3.63, 3.8) is 0 Å². The monoisotopic (exact) mass is 358 g/mol. The van der Waals surface area contributed by atoms with Crippen LogP contribution in [0.15, 0.2) is 48.5 Å². The Labute approximate surface area is 150 Å². The van der Waals surface area contributed by atoms with E-state index in [0.717, 1.165) is 0 Å². The Morgan fingerprint density at radius 3 is 2.36 bits per heavy atom. The smallest absolute Gasteiger partial charge is 0.353 e. The maximum atomic E-state index is 12.5. The molecule has 128 valence electrons. The molecule has 0 heterocycles. The third-order valence-electron chi connectivity index (χ3n) is 3.08. The quantitative estimate of drug-likeness (QED) is 0.655. The lowest BCUT2D eigenvalue weighted by atomic mass is 10.2. The summed E-state index contributed by atoms with van der Waals surface area (Å²) in [5.74, 6) is 2.13. The number of hydrogen-bond acceptors (Lipinski definition) is 4. The van der Waals surface area contributed by atoms with Gasteiger partial charge in [0.15, 0.2) is 0 Å². The second-order valence-corrected chi connectivity index (χ2v) is 5.18. The number of nitrogens with zero attached hydrogens (tertiary/aromatic N) is 1. The molecule has 6 nitrogen and oxygen atoms in total. The van der Waals surface area contributed by atoms with Gasteiger partial charge in [0.25, 0.3) is 5.91 Å². The molecule has 0 aliphatic rings. The summed E-state index contributed by atoms with van der Waals surface area (Å²) < 4.78 is 5.04. The summed E-state index contributed by atoms with van der Waals surface area (Å²) in [5, 5.41) is 3.64. The molecule has 0 saturated heterocycles. The van der Waals surface area contributed by atoms with E-state index in [-0.39, 0.29) is 12.2 Å². The van der Waals surface area contributed by atoms with E-state index >= 15 is 0 Å². The normalized spacial score (nSPS) is 9.80. The number of benzene rings is 2. The van der Waals surface area contributed by atoms with Crippen LogP contribution in [0.2, 0.25) is 5.02 Å². The minimum absolute atomic E-state index is 0.240. The van der Waals surface area contributed by atoms with Crippen LogP contribution in [0.5, 0.6) is 5.75 Å². The molecule has 3 amide bonds. The van der Waals surface area contributed by atoms with Gasteiger partial charge in [-0.2, -0.15) is 0 Å². The number of imide groups is 1. The Hall–Kier alpha value is -3.01. The van der Waals surface area contributed by atoms with E-state index < -0.39 is 11.9 Å². The van der Waals surface area contributed by atoms with Crippen LogP contribution in [0, 0.1) is 12.3 Å². The Kier molecular flexibility index (Phi) is 6.40. The molecule has 0 bridgehead atoms. The van der Waals surface area contributed by atoms with Gasteiger partial charge in [0.05, 0.1) is 7.11 Å². The van der Waals surface area contributed by atoms with Crippen LogP contribution in [-0.2, 0) is 4.84 Å². The minimum Gasteiger partial charge on any atom is -0.497 e. The van der Waals surface area contributed by atoms with Gasteiger partial charge in [-0.05, 0) is 48.5 Å². The summed E-state index contributed by atoms with van der Waals surface area (Å²) in [6.45, 7) is -0.240. The summed E-state index contributed by atoms with van der Waals surface area (Å²) in [6, 6.07) is 11.9. The lowest BCUT2D eigenvalue weighted by Gasteiger charge is -2.19. The van der Waals surface area contributed by atoms with E-state index in [4.69, 9.17) is 27.6 Å². The van der Waals surface area contributed by atoms with Gasteiger partial charge in [0.2, 0.25) is 0 Å². The molecule has 0 aliphatic heterocycles. The first-order valence-corrected chi connectivity index (χ1v) is 7.54. The predicted molar refractivity (Wildman–Crippen MR) is 94.4 cm³/mol. The Morgan fingerprint density at radius 2 is 1.80 bits per heavy atom. The van der Waals surface area contributed by atoms with Crippen LogP contribution in [0.25, 0.3) is 0 Å². The van der Waals surface area contributed by atoms with Crippen LogP contribution in [0.4, 0.5) is 10.5 Å². The van der Waals surface area contributed by atoms with Crippen molar-refractivity contribution in [3.05, 3.63) is 59.1 Å². The van der Waals surface area contributed by atoms with Crippen molar-refractivity contribution >= 4 is 29.2 Å². The van der Waals surface area contributed by atoms with Crippen molar-refractivity contribution in [1.29, 1.82) is 0 Å². The van der Waals surface area contributed by atoms with Crippen molar-refractivity contribution in [2.24, 2.45) is 0 Å². The van der Waals surface area contributed by atoms with Gasteiger partial charge < -0.3 is 10.1 Å². The molecule has 2 aromatic rings. The minimum atomic E-state index is -0.779. The van der Waals surface area contributed by atoms with Gasteiger partial charge in [0, 0.05) is 16.3 Å². The first-order valence-electron chi connectivity index (χ1n) is 7.16. The molecule has 0 spiro atoms. The van der Waals surface area contributed by atoms with Crippen LogP contribution < -0.4 is 10.1 Å². The highest BCUT2D eigenvalue weighted by Crippen LogP contribution is 2.16. The number of hydroxylamine groups is 2. The van der Waals surface area contributed by atoms with E-state index in [1.54, 1.807) is 36.4 Å². The number of carbonyl (C=O) groups excluding carboxylic acids is 2. The molecule has 7 heteroatoms. The van der Waals surface area contributed by atoms with Crippen LogP contribution in [0.3, 0.4) is 0 Å². The van der Waals surface area contributed by atoms with Gasteiger partial charge in [0.1, 0.15) is 12.4 Å². The molecule has 2 rings (SSSR count). The molecule has 0 unspecified atom stereocenters. The molecule has 0 atom stereocenters. The van der Waals surface area contributed by atoms with Crippen molar-refractivity contribution in [1.82, 2.24) is 5.06 Å². The number of anilines is 1.